The molecule has 0 spiro atoms. The van der Waals surface area contributed by atoms with Gasteiger partial charge >= 0.3 is 0 Å². The molecule has 1 aliphatic heterocycles. The van der Waals surface area contributed by atoms with Gasteiger partial charge in [0, 0.05) is 11.8 Å². The van der Waals surface area contributed by atoms with Crippen LogP contribution in [-0.4, -0.2) is 37.7 Å². The minimum absolute atomic E-state index is 0.196. The Kier molecular flexibility index (Phi) is 6.37. The van der Waals surface area contributed by atoms with Gasteiger partial charge in [-0.25, -0.2) is 4.98 Å². The summed E-state index contributed by atoms with van der Waals surface area (Å²) in [5.74, 6) is 2.40. The minimum Gasteiger partial charge on any atom is -0.454 e. The number of ether oxygens (including phenoxy) is 2. The number of anilines is 1. The van der Waals surface area contributed by atoms with Crippen LogP contribution in [0.3, 0.4) is 0 Å². The third kappa shape index (κ3) is 4.85. The fraction of sp³-hybridized carbons (Fsp3) is 0.167. The summed E-state index contributed by atoms with van der Waals surface area (Å²) < 4.78 is 13.0. The smallest absolute Gasteiger partial charge is 0.238 e. The zero-order chi connectivity index (χ0) is 23.5. The van der Waals surface area contributed by atoms with Crippen molar-refractivity contribution in [2.75, 3.05) is 12.1 Å². The number of carbonyl (C=O) groups is 1. The van der Waals surface area contributed by atoms with Crippen LogP contribution in [0.25, 0.3) is 11.4 Å². The molecular formula is C24H20ClN5O3S. The summed E-state index contributed by atoms with van der Waals surface area (Å²) in [6.45, 7) is 2.54. The van der Waals surface area contributed by atoms with E-state index in [0.29, 0.717) is 34.1 Å². The van der Waals surface area contributed by atoms with Crippen molar-refractivity contribution in [3.8, 4) is 22.9 Å². The van der Waals surface area contributed by atoms with Crippen LogP contribution in [0.1, 0.15) is 12.5 Å². The van der Waals surface area contributed by atoms with E-state index in [1.807, 2.05) is 60.0 Å². The standard InChI is InChI=1S/C24H20ClN5O3S/c1-15(23(31)27-21-10-8-18(25)12-26-21)34-24-29-28-22(17-5-3-2-4-6-17)30(24)13-16-7-9-19-20(11-16)33-14-32-19/h2-12,15H,13-14H2,1H3,(H,26,27,31). The van der Waals surface area contributed by atoms with Gasteiger partial charge < -0.3 is 14.8 Å². The van der Waals surface area contributed by atoms with Crippen LogP contribution < -0.4 is 14.8 Å². The van der Waals surface area contributed by atoms with Crippen LogP contribution in [0.2, 0.25) is 5.02 Å². The van der Waals surface area contributed by atoms with Gasteiger partial charge in [-0.1, -0.05) is 59.8 Å². The summed E-state index contributed by atoms with van der Waals surface area (Å²) >= 11 is 7.20. The van der Waals surface area contributed by atoms with Gasteiger partial charge in [0.1, 0.15) is 5.82 Å². The van der Waals surface area contributed by atoms with Crippen LogP contribution in [0, 0.1) is 0 Å². The first-order chi connectivity index (χ1) is 16.6. The van der Waals surface area contributed by atoms with Crippen LogP contribution in [0.15, 0.2) is 72.0 Å². The molecule has 1 amide bonds. The predicted octanol–water partition coefficient (Wildman–Crippen LogP) is 4.89. The SMILES string of the molecule is CC(Sc1nnc(-c2ccccc2)n1Cc1ccc2c(c1)OCO2)C(=O)Nc1ccc(Cl)cn1. The summed E-state index contributed by atoms with van der Waals surface area (Å²) in [5.41, 5.74) is 1.94. The summed E-state index contributed by atoms with van der Waals surface area (Å²) in [6.07, 6.45) is 1.49. The summed E-state index contributed by atoms with van der Waals surface area (Å²) in [6, 6.07) is 19.0. The van der Waals surface area contributed by atoms with E-state index in [1.54, 1.807) is 12.1 Å². The number of aromatic nitrogens is 4. The molecule has 172 valence electrons. The van der Waals surface area contributed by atoms with Crippen molar-refractivity contribution in [3.05, 3.63) is 77.4 Å². The second-order valence-electron chi connectivity index (χ2n) is 7.56. The van der Waals surface area contributed by atoms with Gasteiger partial charge in [0.25, 0.3) is 0 Å². The number of pyridine rings is 1. The number of carbonyl (C=O) groups excluding carboxylic acids is 1. The molecule has 5 rings (SSSR count). The molecule has 0 saturated heterocycles. The molecule has 0 fully saturated rings. The molecule has 1 N–H and O–H groups in total. The van der Waals surface area contributed by atoms with Crippen LogP contribution in [0.5, 0.6) is 11.5 Å². The number of amides is 1. The predicted molar refractivity (Wildman–Crippen MR) is 130 cm³/mol. The Bertz CT molecular complexity index is 1310. The lowest BCUT2D eigenvalue weighted by atomic mass is 10.2. The van der Waals surface area contributed by atoms with Crippen molar-refractivity contribution in [2.45, 2.75) is 23.9 Å². The monoisotopic (exact) mass is 493 g/mol. The molecular weight excluding hydrogens is 474 g/mol. The second kappa shape index (κ2) is 9.74. The Morgan fingerprint density at radius 2 is 1.94 bits per heavy atom. The first-order valence-electron chi connectivity index (χ1n) is 10.5. The normalized spacial score (nSPS) is 13.0. The van der Waals surface area contributed by atoms with Gasteiger partial charge in [-0.15, -0.1) is 10.2 Å². The zero-order valence-electron chi connectivity index (χ0n) is 18.1. The van der Waals surface area contributed by atoms with Crippen molar-refractivity contribution in [2.24, 2.45) is 0 Å². The van der Waals surface area contributed by atoms with Crippen molar-refractivity contribution >= 4 is 35.1 Å². The Morgan fingerprint density at radius 1 is 1.12 bits per heavy atom. The molecule has 2 aromatic heterocycles. The van der Waals surface area contributed by atoms with Gasteiger partial charge in [0.05, 0.1) is 16.8 Å². The lowest BCUT2D eigenvalue weighted by Crippen LogP contribution is -2.23. The zero-order valence-corrected chi connectivity index (χ0v) is 19.7. The van der Waals surface area contributed by atoms with E-state index in [4.69, 9.17) is 21.1 Å². The van der Waals surface area contributed by atoms with Gasteiger partial charge in [0.2, 0.25) is 12.7 Å². The fourth-order valence-corrected chi connectivity index (χ4v) is 4.39. The summed E-state index contributed by atoms with van der Waals surface area (Å²) in [7, 11) is 0. The molecule has 0 saturated carbocycles. The lowest BCUT2D eigenvalue weighted by molar-refractivity contribution is -0.115. The molecule has 4 aromatic rings. The average molecular weight is 494 g/mol. The van der Waals surface area contributed by atoms with E-state index >= 15 is 0 Å². The molecule has 2 aromatic carbocycles. The van der Waals surface area contributed by atoms with Crippen molar-refractivity contribution < 1.29 is 14.3 Å². The highest BCUT2D eigenvalue weighted by Gasteiger charge is 2.22. The molecule has 1 aliphatic rings. The molecule has 3 heterocycles. The minimum atomic E-state index is -0.444. The first kappa shape index (κ1) is 22.2. The fourth-order valence-electron chi connectivity index (χ4n) is 3.43. The summed E-state index contributed by atoms with van der Waals surface area (Å²) in [4.78, 5) is 16.9. The third-order valence-electron chi connectivity index (χ3n) is 5.16. The quantitative estimate of drug-likeness (QED) is 0.366. The molecule has 0 aliphatic carbocycles. The number of rotatable bonds is 7. The lowest BCUT2D eigenvalue weighted by Gasteiger charge is -2.14. The Labute approximate surface area is 205 Å². The maximum atomic E-state index is 12.8. The van der Waals surface area contributed by atoms with E-state index in [9.17, 15) is 4.79 Å². The number of fused-ring (bicyclic) bond motifs is 1. The third-order valence-corrected chi connectivity index (χ3v) is 6.46. The van der Waals surface area contributed by atoms with E-state index in [0.717, 1.165) is 16.9 Å². The largest absolute Gasteiger partial charge is 0.454 e. The highest BCUT2D eigenvalue weighted by molar-refractivity contribution is 8.00. The van der Waals surface area contributed by atoms with Crippen molar-refractivity contribution in [3.63, 3.8) is 0 Å². The van der Waals surface area contributed by atoms with E-state index in [-0.39, 0.29) is 12.7 Å². The van der Waals surface area contributed by atoms with Crippen LogP contribution >= 0.6 is 23.4 Å². The molecule has 0 bridgehead atoms. The maximum absolute atomic E-state index is 12.8. The maximum Gasteiger partial charge on any atom is 0.238 e. The molecule has 8 nitrogen and oxygen atoms in total. The Hall–Kier alpha value is -3.56. The highest BCUT2D eigenvalue weighted by Crippen LogP contribution is 2.34. The topological polar surface area (TPSA) is 91.2 Å². The highest BCUT2D eigenvalue weighted by atomic mass is 35.5. The number of nitrogens with one attached hydrogen (secondary N) is 1. The average Bonchev–Trinajstić information content (AvgIpc) is 3.48. The van der Waals surface area contributed by atoms with Crippen molar-refractivity contribution in [1.82, 2.24) is 19.7 Å². The van der Waals surface area contributed by atoms with Gasteiger partial charge in [-0.3, -0.25) is 9.36 Å². The Balaban J connectivity index is 1.40. The van der Waals surface area contributed by atoms with E-state index in [2.05, 4.69) is 20.5 Å². The first-order valence-corrected chi connectivity index (χ1v) is 11.8. The van der Waals surface area contributed by atoms with E-state index < -0.39 is 5.25 Å². The second-order valence-corrected chi connectivity index (χ2v) is 9.30. The molecule has 1 unspecified atom stereocenters. The van der Waals surface area contributed by atoms with Crippen LogP contribution in [-0.2, 0) is 11.3 Å². The number of hydrogen-bond acceptors (Lipinski definition) is 7. The molecule has 10 heteroatoms. The molecule has 1 atom stereocenters. The number of thioether (sulfide) groups is 1. The Morgan fingerprint density at radius 3 is 2.74 bits per heavy atom. The number of hydrogen-bond donors (Lipinski definition) is 1. The van der Waals surface area contributed by atoms with Crippen molar-refractivity contribution in [1.29, 1.82) is 0 Å². The molecule has 34 heavy (non-hydrogen) atoms. The summed E-state index contributed by atoms with van der Waals surface area (Å²) in [5, 5.41) is 12.3. The number of benzene rings is 2. The molecule has 0 radical (unpaired) electrons. The van der Waals surface area contributed by atoms with Gasteiger partial charge in [-0.2, -0.15) is 0 Å². The van der Waals surface area contributed by atoms with E-state index in [1.165, 1.54) is 18.0 Å². The number of nitrogens with zero attached hydrogens (tertiary/aromatic N) is 4. The van der Waals surface area contributed by atoms with Crippen LogP contribution in [0.4, 0.5) is 5.82 Å². The number of halogens is 1. The van der Waals surface area contributed by atoms with Gasteiger partial charge in [0.15, 0.2) is 22.5 Å². The van der Waals surface area contributed by atoms with Gasteiger partial charge in [-0.05, 0) is 36.8 Å².